The van der Waals surface area contributed by atoms with Crippen LogP contribution in [0.3, 0.4) is 0 Å². The highest BCUT2D eigenvalue weighted by Gasteiger charge is 2.26. The van der Waals surface area contributed by atoms with Gasteiger partial charge in [0.15, 0.2) is 0 Å². The summed E-state index contributed by atoms with van der Waals surface area (Å²) in [5.41, 5.74) is 1.13. The van der Waals surface area contributed by atoms with Crippen molar-refractivity contribution in [3.8, 4) is 5.75 Å². The molecule has 0 saturated carbocycles. The lowest BCUT2D eigenvalue weighted by Crippen LogP contribution is -2.35. The second-order valence-electron chi connectivity index (χ2n) is 5.47. The second-order valence-corrected chi connectivity index (χ2v) is 7.48. The van der Waals surface area contributed by atoms with E-state index < -0.39 is 28.3 Å². The fourth-order valence-electron chi connectivity index (χ4n) is 2.17. The molecule has 1 amide bonds. The van der Waals surface area contributed by atoms with Gasteiger partial charge in [-0.05, 0) is 48.9 Å². The Hall–Kier alpha value is -2.45. The van der Waals surface area contributed by atoms with Crippen LogP contribution < -0.4 is 10.1 Å². The number of halogens is 1. The lowest BCUT2D eigenvalue weighted by atomic mass is 10.2. The zero-order valence-electron chi connectivity index (χ0n) is 14.1. The number of aryl methyl sites for hydroxylation is 1. The number of ether oxygens (including phenoxy) is 1. The molecule has 0 aliphatic rings. The highest BCUT2D eigenvalue weighted by Crippen LogP contribution is 2.27. The van der Waals surface area contributed by atoms with Crippen LogP contribution in [0.1, 0.15) is 5.56 Å². The third-order valence-electron chi connectivity index (χ3n) is 3.50. The van der Waals surface area contributed by atoms with Crippen LogP contribution in [0.5, 0.6) is 5.75 Å². The lowest BCUT2D eigenvalue weighted by molar-refractivity contribution is -0.116. The van der Waals surface area contributed by atoms with Crippen LogP contribution in [0.4, 0.5) is 10.1 Å². The molecule has 0 aliphatic carbocycles. The number of carbonyl (C=O) groups is 1. The third kappa shape index (κ3) is 4.55. The van der Waals surface area contributed by atoms with Gasteiger partial charge in [-0.25, -0.2) is 12.8 Å². The summed E-state index contributed by atoms with van der Waals surface area (Å²) in [6.45, 7) is 1.37. The second kappa shape index (κ2) is 7.62. The number of methoxy groups -OCH3 is 1. The Morgan fingerprint density at radius 2 is 1.84 bits per heavy atom. The number of nitrogens with zero attached hydrogens (tertiary/aromatic N) is 1. The quantitative estimate of drug-likeness (QED) is 0.852. The number of anilines is 1. The van der Waals surface area contributed by atoms with Gasteiger partial charge in [0.2, 0.25) is 15.9 Å². The van der Waals surface area contributed by atoms with E-state index in [1.165, 1.54) is 44.5 Å². The molecule has 8 heteroatoms. The summed E-state index contributed by atoms with van der Waals surface area (Å²) in [6.07, 6.45) is 0. The zero-order valence-corrected chi connectivity index (χ0v) is 14.9. The van der Waals surface area contributed by atoms with Gasteiger partial charge in [-0.2, -0.15) is 4.31 Å². The Labute approximate surface area is 146 Å². The highest BCUT2D eigenvalue weighted by molar-refractivity contribution is 7.89. The standard InChI is InChI=1S/C17H19FN2O4S/c1-12-4-9-15(24-3)16(10-12)25(22,23)20(2)11-17(21)19-14-7-5-13(18)6-8-14/h4-10H,11H2,1-3H3,(H,19,21). The van der Waals surface area contributed by atoms with Crippen LogP contribution in [-0.4, -0.2) is 39.3 Å². The van der Waals surface area contributed by atoms with E-state index in [-0.39, 0.29) is 10.6 Å². The molecule has 0 unspecified atom stereocenters. The van der Waals surface area contributed by atoms with Crippen LogP contribution >= 0.6 is 0 Å². The molecule has 0 heterocycles. The molecule has 0 aliphatic heterocycles. The average molecular weight is 366 g/mol. The summed E-state index contributed by atoms with van der Waals surface area (Å²) in [5.74, 6) is -0.759. The van der Waals surface area contributed by atoms with E-state index in [4.69, 9.17) is 4.74 Å². The molecular formula is C17H19FN2O4S. The van der Waals surface area contributed by atoms with Gasteiger partial charge >= 0.3 is 0 Å². The number of benzene rings is 2. The number of likely N-dealkylation sites (N-methyl/N-ethyl adjacent to an activating group) is 1. The Kier molecular flexibility index (Phi) is 5.76. The predicted octanol–water partition coefficient (Wildman–Crippen LogP) is 2.40. The maximum Gasteiger partial charge on any atom is 0.246 e. The van der Waals surface area contributed by atoms with Crippen molar-refractivity contribution in [2.75, 3.05) is 26.0 Å². The van der Waals surface area contributed by atoms with Gasteiger partial charge in [0, 0.05) is 12.7 Å². The number of hydrogen-bond acceptors (Lipinski definition) is 4. The molecule has 0 atom stereocenters. The SMILES string of the molecule is COc1ccc(C)cc1S(=O)(=O)N(C)CC(=O)Nc1ccc(F)cc1. The molecule has 2 rings (SSSR count). The van der Waals surface area contributed by atoms with E-state index in [1.807, 2.05) is 0 Å². The van der Waals surface area contributed by atoms with Crippen molar-refractivity contribution < 1.29 is 22.3 Å². The van der Waals surface area contributed by atoms with Crippen LogP contribution in [0.15, 0.2) is 47.4 Å². The topological polar surface area (TPSA) is 75.7 Å². The van der Waals surface area contributed by atoms with E-state index in [1.54, 1.807) is 19.1 Å². The maximum absolute atomic E-state index is 12.9. The summed E-state index contributed by atoms with van der Waals surface area (Å²) < 4.78 is 44.3. The first kappa shape index (κ1) is 18.9. The molecule has 1 N–H and O–H groups in total. The number of amides is 1. The number of hydrogen-bond donors (Lipinski definition) is 1. The van der Waals surface area contributed by atoms with Crippen molar-refractivity contribution in [2.45, 2.75) is 11.8 Å². The van der Waals surface area contributed by atoms with E-state index >= 15 is 0 Å². The van der Waals surface area contributed by atoms with Crippen molar-refractivity contribution in [1.29, 1.82) is 0 Å². The molecule has 0 spiro atoms. The minimum Gasteiger partial charge on any atom is -0.495 e. The minimum atomic E-state index is -3.91. The van der Waals surface area contributed by atoms with Crippen LogP contribution in [0.25, 0.3) is 0 Å². The zero-order chi connectivity index (χ0) is 18.6. The molecule has 0 fully saturated rings. The van der Waals surface area contributed by atoms with E-state index in [0.29, 0.717) is 5.69 Å². The summed E-state index contributed by atoms with van der Waals surface area (Å²) in [4.78, 5) is 12.1. The number of nitrogens with one attached hydrogen (secondary N) is 1. The van der Waals surface area contributed by atoms with Crippen molar-refractivity contribution in [2.24, 2.45) is 0 Å². The molecule has 2 aromatic carbocycles. The summed E-state index contributed by atoms with van der Waals surface area (Å²) in [6, 6.07) is 9.98. The predicted molar refractivity (Wildman–Crippen MR) is 92.6 cm³/mol. The first-order chi connectivity index (χ1) is 11.7. The van der Waals surface area contributed by atoms with E-state index in [2.05, 4.69) is 5.32 Å². The Morgan fingerprint density at radius 3 is 2.44 bits per heavy atom. The van der Waals surface area contributed by atoms with Crippen LogP contribution in [-0.2, 0) is 14.8 Å². The van der Waals surface area contributed by atoms with Gasteiger partial charge in [-0.15, -0.1) is 0 Å². The Morgan fingerprint density at radius 1 is 1.20 bits per heavy atom. The summed E-state index contributed by atoms with van der Waals surface area (Å²) in [5, 5.41) is 2.52. The third-order valence-corrected chi connectivity index (χ3v) is 5.33. The highest BCUT2D eigenvalue weighted by atomic mass is 32.2. The minimum absolute atomic E-state index is 0.00733. The van der Waals surface area contributed by atoms with Crippen LogP contribution in [0, 0.1) is 12.7 Å². The van der Waals surface area contributed by atoms with Gasteiger partial charge in [-0.1, -0.05) is 6.07 Å². The van der Waals surface area contributed by atoms with E-state index in [0.717, 1.165) is 9.87 Å². The first-order valence-corrected chi connectivity index (χ1v) is 8.84. The Balaban J connectivity index is 2.16. The smallest absolute Gasteiger partial charge is 0.246 e. The first-order valence-electron chi connectivity index (χ1n) is 7.40. The number of carbonyl (C=O) groups excluding carboxylic acids is 1. The van der Waals surface area contributed by atoms with Crippen molar-refractivity contribution in [1.82, 2.24) is 4.31 Å². The van der Waals surface area contributed by atoms with Crippen LogP contribution in [0.2, 0.25) is 0 Å². The molecule has 0 radical (unpaired) electrons. The van der Waals surface area contributed by atoms with Gasteiger partial charge in [0.05, 0.1) is 13.7 Å². The van der Waals surface area contributed by atoms with Crippen molar-refractivity contribution in [3.05, 3.63) is 53.8 Å². The molecule has 6 nitrogen and oxygen atoms in total. The largest absolute Gasteiger partial charge is 0.495 e. The normalized spacial score (nSPS) is 11.4. The molecular weight excluding hydrogens is 347 g/mol. The number of rotatable bonds is 6. The summed E-state index contributed by atoms with van der Waals surface area (Å²) >= 11 is 0. The summed E-state index contributed by atoms with van der Waals surface area (Å²) in [7, 11) is -1.22. The molecule has 134 valence electrons. The van der Waals surface area contributed by atoms with Gasteiger partial charge in [0.1, 0.15) is 16.5 Å². The molecule has 0 aromatic heterocycles. The molecule has 2 aromatic rings. The number of sulfonamides is 1. The van der Waals surface area contributed by atoms with Gasteiger partial charge in [-0.3, -0.25) is 4.79 Å². The lowest BCUT2D eigenvalue weighted by Gasteiger charge is -2.19. The van der Waals surface area contributed by atoms with Gasteiger partial charge < -0.3 is 10.1 Å². The molecule has 0 saturated heterocycles. The molecule has 0 bridgehead atoms. The van der Waals surface area contributed by atoms with E-state index in [9.17, 15) is 17.6 Å². The monoisotopic (exact) mass is 366 g/mol. The Bertz CT molecular complexity index is 867. The molecule has 25 heavy (non-hydrogen) atoms. The fraction of sp³-hybridized carbons (Fsp3) is 0.235. The van der Waals surface area contributed by atoms with Crippen molar-refractivity contribution >= 4 is 21.6 Å². The average Bonchev–Trinajstić information content (AvgIpc) is 2.56. The maximum atomic E-state index is 12.9. The van der Waals surface area contributed by atoms with Gasteiger partial charge in [0.25, 0.3) is 0 Å². The fourth-order valence-corrected chi connectivity index (χ4v) is 3.54. The van der Waals surface area contributed by atoms with Crippen molar-refractivity contribution in [3.63, 3.8) is 0 Å².